The monoisotopic (exact) mass is 381 g/mol. The average molecular weight is 382 g/mol. The molecule has 23 heavy (non-hydrogen) atoms. The second-order valence-corrected chi connectivity index (χ2v) is 5.64. The number of nitrogens with one attached hydrogen (secondary N) is 1. The van der Waals surface area contributed by atoms with Crippen molar-refractivity contribution in [3.8, 4) is 11.5 Å². The summed E-state index contributed by atoms with van der Waals surface area (Å²) in [5, 5.41) is 2.69. The Kier molecular flexibility index (Phi) is 6.87. The van der Waals surface area contributed by atoms with Gasteiger partial charge in [-0.2, -0.15) is 0 Å². The van der Waals surface area contributed by atoms with E-state index in [1.165, 1.54) is 12.1 Å². The van der Waals surface area contributed by atoms with Gasteiger partial charge in [-0.15, -0.1) is 0 Å². The number of amides is 1. The Bertz CT molecular complexity index is 637. The highest BCUT2D eigenvalue weighted by Gasteiger charge is 2.07. The van der Waals surface area contributed by atoms with Gasteiger partial charge in [-0.1, -0.05) is 34.1 Å². The molecule has 0 aliphatic heterocycles. The molecular weight excluding hydrogens is 365 g/mol. The van der Waals surface area contributed by atoms with Crippen molar-refractivity contribution in [2.24, 2.45) is 0 Å². The normalized spacial score (nSPS) is 10.2. The van der Waals surface area contributed by atoms with Crippen LogP contribution in [0.2, 0.25) is 0 Å². The molecular formula is C17H17BrFNO3. The lowest BCUT2D eigenvalue weighted by atomic mass is 10.3. The highest BCUT2D eigenvalue weighted by atomic mass is 79.9. The molecule has 0 radical (unpaired) electrons. The summed E-state index contributed by atoms with van der Waals surface area (Å²) in [4.78, 5) is 11.6. The quantitative estimate of drug-likeness (QED) is 0.711. The minimum Gasteiger partial charge on any atom is -0.494 e. The van der Waals surface area contributed by atoms with Crippen LogP contribution in [0, 0.1) is 5.82 Å². The maximum atomic E-state index is 13.5. The molecule has 0 aliphatic rings. The van der Waals surface area contributed by atoms with Crippen molar-refractivity contribution in [2.45, 2.75) is 6.42 Å². The van der Waals surface area contributed by atoms with Crippen molar-refractivity contribution in [3.05, 3.63) is 58.8 Å². The van der Waals surface area contributed by atoms with Crippen LogP contribution in [0.15, 0.2) is 53.0 Å². The van der Waals surface area contributed by atoms with Gasteiger partial charge in [-0.25, -0.2) is 4.39 Å². The fraction of sp³-hybridized carbons (Fsp3) is 0.235. The van der Waals surface area contributed by atoms with Gasteiger partial charge in [0, 0.05) is 11.0 Å². The largest absolute Gasteiger partial charge is 0.494 e. The predicted molar refractivity (Wildman–Crippen MR) is 89.2 cm³/mol. The van der Waals surface area contributed by atoms with E-state index in [-0.39, 0.29) is 18.3 Å². The zero-order valence-corrected chi connectivity index (χ0v) is 14.0. The molecule has 0 aliphatic carbocycles. The summed E-state index contributed by atoms with van der Waals surface area (Å²) in [5.41, 5.74) is 0. The maximum Gasteiger partial charge on any atom is 0.257 e. The van der Waals surface area contributed by atoms with Crippen LogP contribution in [0.5, 0.6) is 11.5 Å². The Morgan fingerprint density at radius 1 is 1.13 bits per heavy atom. The molecule has 0 saturated heterocycles. The number of carbonyl (C=O) groups excluding carboxylic acids is 1. The zero-order valence-electron chi connectivity index (χ0n) is 12.4. The second-order valence-electron chi connectivity index (χ2n) is 4.73. The minimum atomic E-state index is -0.511. The van der Waals surface area contributed by atoms with Crippen LogP contribution in [-0.4, -0.2) is 25.7 Å². The van der Waals surface area contributed by atoms with Crippen molar-refractivity contribution < 1.29 is 18.7 Å². The molecule has 2 aromatic carbocycles. The second kappa shape index (κ2) is 9.15. The van der Waals surface area contributed by atoms with Gasteiger partial charge in [-0.3, -0.25) is 4.79 Å². The Morgan fingerprint density at radius 2 is 1.91 bits per heavy atom. The summed E-state index contributed by atoms with van der Waals surface area (Å²) in [5.74, 6) is 0.0408. The van der Waals surface area contributed by atoms with Crippen molar-refractivity contribution in [3.63, 3.8) is 0 Å². The third kappa shape index (κ3) is 6.28. The van der Waals surface area contributed by atoms with Gasteiger partial charge in [0.2, 0.25) is 0 Å². The molecule has 0 bridgehead atoms. The van der Waals surface area contributed by atoms with Crippen LogP contribution < -0.4 is 14.8 Å². The highest BCUT2D eigenvalue weighted by Crippen LogP contribution is 2.21. The first-order valence-electron chi connectivity index (χ1n) is 7.17. The van der Waals surface area contributed by atoms with Gasteiger partial charge >= 0.3 is 0 Å². The van der Waals surface area contributed by atoms with Crippen LogP contribution in [0.1, 0.15) is 6.42 Å². The first-order valence-corrected chi connectivity index (χ1v) is 7.97. The Morgan fingerprint density at radius 3 is 2.65 bits per heavy atom. The molecule has 1 N–H and O–H groups in total. The van der Waals surface area contributed by atoms with Gasteiger partial charge in [0.25, 0.3) is 5.91 Å². The van der Waals surface area contributed by atoms with Gasteiger partial charge in [0.15, 0.2) is 18.2 Å². The molecule has 0 heterocycles. The number of rotatable bonds is 8. The van der Waals surface area contributed by atoms with Crippen LogP contribution >= 0.6 is 15.9 Å². The summed E-state index contributed by atoms with van der Waals surface area (Å²) in [7, 11) is 0. The fourth-order valence-corrected chi connectivity index (χ4v) is 2.13. The minimum absolute atomic E-state index is 0.0516. The molecule has 122 valence electrons. The number of halogens is 2. The summed E-state index contributed by atoms with van der Waals surface area (Å²) in [6.07, 6.45) is 0.674. The molecule has 0 atom stereocenters. The SMILES string of the molecule is O=C(COc1ccc(Br)cc1F)NCCCOc1ccccc1. The zero-order chi connectivity index (χ0) is 16.5. The lowest BCUT2D eigenvalue weighted by Crippen LogP contribution is -2.30. The van der Waals surface area contributed by atoms with Crippen LogP contribution in [0.4, 0.5) is 4.39 Å². The lowest BCUT2D eigenvalue weighted by Gasteiger charge is -2.09. The number of hydrogen-bond donors (Lipinski definition) is 1. The van der Waals surface area contributed by atoms with Gasteiger partial charge in [0.1, 0.15) is 5.75 Å². The fourth-order valence-electron chi connectivity index (χ4n) is 1.79. The van der Waals surface area contributed by atoms with E-state index in [2.05, 4.69) is 21.2 Å². The van der Waals surface area contributed by atoms with Crippen molar-refractivity contribution >= 4 is 21.8 Å². The molecule has 1 amide bonds. The van der Waals surface area contributed by atoms with E-state index in [1.54, 1.807) is 6.07 Å². The molecule has 0 aromatic heterocycles. The van der Waals surface area contributed by atoms with E-state index < -0.39 is 5.82 Å². The smallest absolute Gasteiger partial charge is 0.257 e. The Hall–Kier alpha value is -2.08. The van der Waals surface area contributed by atoms with E-state index >= 15 is 0 Å². The summed E-state index contributed by atoms with van der Waals surface area (Å²) in [6, 6.07) is 13.9. The Labute approximate surface area is 142 Å². The van der Waals surface area contributed by atoms with Gasteiger partial charge < -0.3 is 14.8 Å². The van der Waals surface area contributed by atoms with Crippen molar-refractivity contribution in [2.75, 3.05) is 19.8 Å². The van der Waals surface area contributed by atoms with E-state index in [0.717, 1.165) is 5.75 Å². The standard InChI is InChI=1S/C17H17BrFNO3/c18-13-7-8-16(15(19)11-13)23-12-17(21)20-9-4-10-22-14-5-2-1-3-6-14/h1-3,5-8,11H,4,9-10,12H2,(H,20,21). The van der Waals surface area contributed by atoms with Crippen molar-refractivity contribution in [1.82, 2.24) is 5.32 Å². The number of hydrogen-bond acceptors (Lipinski definition) is 3. The van der Waals surface area contributed by atoms with Gasteiger partial charge in [-0.05, 0) is 36.8 Å². The van der Waals surface area contributed by atoms with Gasteiger partial charge in [0.05, 0.1) is 6.61 Å². The summed E-state index contributed by atoms with van der Waals surface area (Å²) < 4.78 is 24.8. The molecule has 0 saturated carbocycles. The van der Waals surface area contributed by atoms with E-state index in [1.807, 2.05) is 30.3 Å². The van der Waals surface area contributed by atoms with E-state index in [4.69, 9.17) is 9.47 Å². The number of benzene rings is 2. The average Bonchev–Trinajstić information content (AvgIpc) is 2.54. The molecule has 6 heteroatoms. The number of para-hydroxylation sites is 1. The number of carbonyl (C=O) groups is 1. The van der Waals surface area contributed by atoms with Crippen LogP contribution in [0.25, 0.3) is 0 Å². The first-order chi connectivity index (χ1) is 11.1. The molecule has 0 fully saturated rings. The van der Waals surface area contributed by atoms with Crippen molar-refractivity contribution in [1.29, 1.82) is 0 Å². The van der Waals surface area contributed by atoms with Crippen LogP contribution in [-0.2, 0) is 4.79 Å². The maximum absolute atomic E-state index is 13.5. The third-order valence-electron chi connectivity index (χ3n) is 2.91. The van der Waals surface area contributed by atoms with E-state index in [9.17, 15) is 9.18 Å². The lowest BCUT2D eigenvalue weighted by molar-refractivity contribution is -0.123. The number of ether oxygens (including phenoxy) is 2. The summed E-state index contributed by atoms with van der Waals surface area (Å²) >= 11 is 3.16. The highest BCUT2D eigenvalue weighted by molar-refractivity contribution is 9.10. The molecule has 0 unspecified atom stereocenters. The predicted octanol–water partition coefficient (Wildman–Crippen LogP) is 3.55. The molecule has 2 aromatic rings. The first kappa shape index (κ1) is 17.3. The Balaban J connectivity index is 1.60. The summed E-state index contributed by atoms with van der Waals surface area (Å²) in [6.45, 7) is 0.752. The topological polar surface area (TPSA) is 47.6 Å². The third-order valence-corrected chi connectivity index (χ3v) is 3.40. The molecule has 4 nitrogen and oxygen atoms in total. The van der Waals surface area contributed by atoms with E-state index in [0.29, 0.717) is 24.0 Å². The molecule has 2 rings (SSSR count). The van der Waals surface area contributed by atoms with Crippen LogP contribution in [0.3, 0.4) is 0 Å². The molecule has 0 spiro atoms.